The highest BCUT2D eigenvalue weighted by Gasteiger charge is 2.46. The van der Waals surface area contributed by atoms with Crippen molar-refractivity contribution < 1.29 is 19.7 Å². The lowest BCUT2D eigenvalue weighted by Gasteiger charge is -2.24. The number of hydrogen-bond acceptors (Lipinski definition) is 9. The van der Waals surface area contributed by atoms with Gasteiger partial charge in [-0.3, -0.25) is 19.3 Å². The van der Waals surface area contributed by atoms with Gasteiger partial charge in [0.05, 0.1) is 24.8 Å². The third-order valence-electron chi connectivity index (χ3n) is 4.21. The molecule has 5 N–H and O–H groups in total. The van der Waals surface area contributed by atoms with Crippen molar-refractivity contribution in [3.8, 4) is 0 Å². The number of aliphatic hydroxyl groups is 2. The van der Waals surface area contributed by atoms with Crippen LogP contribution in [-0.2, 0) is 4.74 Å². The molecule has 0 radical (unpaired) electrons. The second kappa shape index (κ2) is 8.05. The molecule has 2 aromatic rings. The van der Waals surface area contributed by atoms with Gasteiger partial charge in [-0.2, -0.15) is 5.01 Å². The Labute approximate surface area is 160 Å². The highest BCUT2D eigenvalue weighted by molar-refractivity contribution is 6.18. The zero-order chi connectivity index (χ0) is 20.4. The topological polar surface area (TPSA) is 195 Å². The molecular weight excluding hydrogens is 402 g/mol. The van der Waals surface area contributed by atoms with Crippen LogP contribution < -0.4 is 16.6 Å². The summed E-state index contributed by atoms with van der Waals surface area (Å²) >= 11 is 5.51. The second-order valence-corrected chi connectivity index (χ2v) is 6.24. The summed E-state index contributed by atoms with van der Waals surface area (Å²) in [7, 11) is 0. The molecule has 1 saturated heterocycles. The molecule has 3 rings (SSSR count). The maximum absolute atomic E-state index is 12.2. The first kappa shape index (κ1) is 19.9. The largest absolute Gasteiger partial charge is 0.394 e. The molecule has 0 aliphatic carbocycles. The molecule has 1 fully saturated rings. The van der Waals surface area contributed by atoms with Crippen molar-refractivity contribution in [1.82, 2.24) is 29.8 Å². The lowest BCUT2D eigenvalue weighted by molar-refractivity contribution is -0.0440. The van der Waals surface area contributed by atoms with Gasteiger partial charge in [-0.1, -0.05) is 0 Å². The normalized spacial score (nSPS) is 24.4. The maximum Gasteiger partial charge on any atom is 0.340 e. The summed E-state index contributed by atoms with van der Waals surface area (Å²) in [6, 6.07) is -2.13. The molecule has 14 nitrogen and oxygen atoms in total. The number of H-pyrrole nitrogens is 2. The third kappa shape index (κ3) is 3.49. The van der Waals surface area contributed by atoms with Crippen LogP contribution in [0.3, 0.4) is 0 Å². The lowest BCUT2D eigenvalue weighted by Crippen LogP contribution is -2.50. The van der Waals surface area contributed by atoms with Crippen molar-refractivity contribution in [3.63, 3.8) is 0 Å². The zero-order valence-electron chi connectivity index (χ0n) is 14.1. The summed E-state index contributed by atoms with van der Waals surface area (Å²) in [6.45, 7) is -0.754. The van der Waals surface area contributed by atoms with E-state index in [1.54, 1.807) is 0 Å². The van der Waals surface area contributed by atoms with Crippen molar-refractivity contribution in [2.45, 2.75) is 24.5 Å². The molecule has 152 valence electrons. The molecule has 2 unspecified atom stereocenters. The summed E-state index contributed by atoms with van der Waals surface area (Å²) in [5.41, 5.74) is -1.66. The zero-order valence-corrected chi connectivity index (χ0v) is 14.9. The number of aliphatic hydroxyl groups excluding tert-OH is 2. The number of aromatic amines is 2. The SMILES string of the molecule is O=NN(CCCl)C(=O)NC1C(O)[C@H](CO)O[C@@H]1n1cnc2c(=O)[nH]c(=O)[nH]c21. The minimum absolute atomic E-state index is 0.0186. The number of urea groups is 1. The van der Waals surface area contributed by atoms with Crippen LogP contribution in [0.2, 0.25) is 0 Å². The van der Waals surface area contributed by atoms with E-state index in [4.69, 9.17) is 16.3 Å². The summed E-state index contributed by atoms with van der Waals surface area (Å²) in [6.07, 6.45) is -2.47. The van der Waals surface area contributed by atoms with Crippen molar-refractivity contribution in [2.75, 3.05) is 19.0 Å². The van der Waals surface area contributed by atoms with E-state index in [0.717, 1.165) is 0 Å². The van der Waals surface area contributed by atoms with Crippen LogP contribution in [0.15, 0.2) is 21.2 Å². The number of nitrogens with one attached hydrogen (secondary N) is 3. The smallest absolute Gasteiger partial charge is 0.340 e. The number of imidazole rings is 1. The highest BCUT2D eigenvalue weighted by atomic mass is 35.5. The van der Waals surface area contributed by atoms with Gasteiger partial charge in [-0.15, -0.1) is 16.5 Å². The second-order valence-electron chi connectivity index (χ2n) is 5.86. The van der Waals surface area contributed by atoms with E-state index in [2.05, 4.69) is 20.6 Å². The van der Waals surface area contributed by atoms with Gasteiger partial charge in [0.15, 0.2) is 11.7 Å². The van der Waals surface area contributed by atoms with Crippen LogP contribution in [0, 0.1) is 4.91 Å². The molecule has 15 heteroatoms. The van der Waals surface area contributed by atoms with E-state index in [1.807, 2.05) is 4.98 Å². The number of carbonyl (C=O) groups is 1. The first-order valence-electron chi connectivity index (χ1n) is 8.02. The number of halogens is 1. The predicted molar refractivity (Wildman–Crippen MR) is 93.5 cm³/mol. The van der Waals surface area contributed by atoms with E-state index < -0.39 is 48.4 Å². The van der Waals surface area contributed by atoms with Crippen molar-refractivity contribution in [2.24, 2.45) is 5.29 Å². The Morgan fingerprint density at radius 2 is 2.21 bits per heavy atom. The van der Waals surface area contributed by atoms with Crippen LogP contribution >= 0.6 is 11.6 Å². The van der Waals surface area contributed by atoms with Crippen LogP contribution in [0.25, 0.3) is 11.2 Å². The molecule has 0 aromatic carbocycles. The average molecular weight is 418 g/mol. The van der Waals surface area contributed by atoms with Crippen molar-refractivity contribution >= 4 is 28.8 Å². The minimum Gasteiger partial charge on any atom is -0.394 e. The van der Waals surface area contributed by atoms with E-state index in [1.165, 1.54) is 10.9 Å². The molecular formula is C13H16ClN7O7. The van der Waals surface area contributed by atoms with Crippen LogP contribution in [-0.4, -0.2) is 78.1 Å². The number of nitrogens with zero attached hydrogens (tertiary/aromatic N) is 4. The molecule has 28 heavy (non-hydrogen) atoms. The number of nitroso groups, excluding NO2 is 1. The van der Waals surface area contributed by atoms with Gasteiger partial charge < -0.3 is 20.3 Å². The molecule has 3 heterocycles. The van der Waals surface area contributed by atoms with Crippen molar-refractivity contribution in [3.05, 3.63) is 32.1 Å². The molecule has 2 amide bonds. The predicted octanol–water partition coefficient (Wildman–Crippen LogP) is -2.04. The molecule has 2 aromatic heterocycles. The number of fused-ring (bicyclic) bond motifs is 1. The fourth-order valence-corrected chi connectivity index (χ4v) is 3.07. The molecule has 0 saturated carbocycles. The van der Waals surface area contributed by atoms with Gasteiger partial charge in [-0.05, 0) is 0 Å². The standard InChI is InChI=1S/C13H16ClN7O7/c14-1-2-21(19-27)13(26)16-6-8(23)5(3-22)28-11(6)20-4-15-7-9(20)17-12(25)18-10(7)24/h4-6,8,11,22-23H,1-3H2,(H,16,26)(H2,17,18,24,25)/t5-,6?,8?,11-/m0/s1. The number of aromatic nitrogens is 4. The molecule has 1 aliphatic rings. The summed E-state index contributed by atoms with van der Waals surface area (Å²) in [4.78, 5) is 54.8. The van der Waals surface area contributed by atoms with Gasteiger partial charge in [0, 0.05) is 5.88 Å². The van der Waals surface area contributed by atoms with Crippen LogP contribution in [0.4, 0.5) is 4.79 Å². The Hall–Kier alpha value is -2.81. The Morgan fingerprint density at radius 1 is 1.46 bits per heavy atom. The number of carbonyl (C=O) groups excluding carboxylic acids is 1. The highest BCUT2D eigenvalue weighted by Crippen LogP contribution is 2.31. The van der Waals surface area contributed by atoms with E-state index in [0.29, 0.717) is 5.01 Å². The summed E-state index contributed by atoms with van der Waals surface area (Å²) < 4.78 is 6.78. The first-order chi connectivity index (χ1) is 13.4. The summed E-state index contributed by atoms with van der Waals surface area (Å²) in [5, 5.41) is 25.3. The quantitative estimate of drug-likeness (QED) is 0.201. The number of ether oxygens (including phenoxy) is 1. The number of alkyl halides is 1. The Morgan fingerprint density at radius 3 is 2.86 bits per heavy atom. The Kier molecular flexibility index (Phi) is 5.73. The number of hydrogen-bond donors (Lipinski definition) is 5. The fourth-order valence-electron chi connectivity index (χ4n) is 2.91. The first-order valence-corrected chi connectivity index (χ1v) is 8.55. The van der Waals surface area contributed by atoms with Gasteiger partial charge in [-0.25, -0.2) is 14.6 Å². The average Bonchev–Trinajstić information content (AvgIpc) is 3.21. The van der Waals surface area contributed by atoms with E-state index in [9.17, 15) is 29.5 Å². The van der Waals surface area contributed by atoms with Crippen LogP contribution in [0.5, 0.6) is 0 Å². The fraction of sp³-hybridized carbons (Fsp3) is 0.538. The number of rotatable bonds is 6. The van der Waals surface area contributed by atoms with E-state index in [-0.39, 0.29) is 23.6 Å². The lowest BCUT2D eigenvalue weighted by atomic mass is 10.1. The van der Waals surface area contributed by atoms with Crippen molar-refractivity contribution in [1.29, 1.82) is 0 Å². The Bertz CT molecular complexity index is 988. The molecule has 1 aliphatic heterocycles. The molecule has 4 atom stereocenters. The van der Waals surface area contributed by atoms with Gasteiger partial charge in [0.25, 0.3) is 5.56 Å². The van der Waals surface area contributed by atoms with Gasteiger partial charge >= 0.3 is 11.7 Å². The van der Waals surface area contributed by atoms with E-state index >= 15 is 0 Å². The molecule has 0 bridgehead atoms. The molecule has 0 spiro atoms. The summed E-state index contributed by atoms with van der Waals surface area (Å²) in [5.74, 6) is -0.0538. The minimum atomic E-state index is -1.38. The van der Waals surface area contributed by atoms with Gasteiger partial charge in [0.2, 0.25) is 0 Å². The number of amides is 2. The van der Waals surface area contributed by atoms with Crippen LogP contribution in [0.1, 0.15) is 6.23 Å². The third-order valence-corrected chi connectivity index (χ3v) is 4.38. The Balaban J connectivity index is 1.98. The maximum atomic E-state index is 12.2. The monoisotopic (exact) mass is 417 g/mol. The van der Waals surface area contributed by atoms with Gasteiger partial charge in [0.1, 0.15) is 23.9 Å².